The third-order valence-corrected chi connectivity index (χ3v) is 3.31. The van der Waals surface area contributed by atoms with E-state index in [0.29, 0.717) is 5.56 Å². The highest BCUT2D eigenvalue weighted by Crippen LogP contribution is 2.23. The number of nitrogens with one attached hydrogen (secondary N) is 1. The number of benzene rings is 2. The normalized spacial score (nSPS) is 10.8. The second-order valence-electron chi connectivity index (χ2n) is 4.65. The average molecular weight is 283 g/mol. The highest BCUT2D eigenvalue weighted by atomic mass is 16.3. The van der Waals surface area contributed by atoms with Crippen LogP contribution >= 0.6 is 0 Å². The minimum absolute atomic E-state index is 0.234. The minimum Gasteiger partial charge on any atom is -0.507 e. The van der Waals surface area contributed by atoms with E-state index in [0.717, 1.165) is 24.5 Å². The SMILES string of the molecule is CCN(CC)c1ccc(/C=N/Nc2ccccc2)c(O)c1. The summed E-state index contributed by atoms with van der Waals surface area (Å²) in [7, 11) is 0. The summed E-state index contributed by atoms with van der Waals surface area (Å²) < 4.78 is 0. The molecule has 0 heterocycles. The topological polar surface area (TPSA) is 47.9 Å². The maximum absolute atomic E-state index is 10.1. The largest absolute Gasteiger partial charge is 0.507 e. The first-order valence-corrected chi connectivity index (χ1v) is 7.16. The van der Waals surface area contributed by atoms with Crippen molar-refractivity contribution in [3.05, 3.63) is 54.1 Å². The molecule has 0 spiro atoms. The van der Waals surface area contributed by atoms with Gasteiger partial charge in [0.2, 0.25) is 0 Å². The van der Waals surface area contributed by atoms with Crippen molar-refractivity contribution in [2.45, 2.75) is 13.8 Å². The minimum atomic E-state index is 0.234. The van der Waals surface area contributed by atoms with Gasteiger partial charge >= 0.3 is 0 Å². The molecule has 21 heavy (non-hydrogen) atoms. The molecule has 2 aromatic carbocycles. The molecule has 4 nitrogen and oxygen atoms in total. The van der Waals surface area contributed by atoms with E-state index >= 15 is 0 Å². The first-order chi connectivity index (χ1) is 10.2. The van der Waals surface area contributed by atoms with Gasteiger partial charge in [-0.05, 0) is 38.1 Å². The van der Waals surface area contributed by atoms with Gasteiger partial charge in [-0.2, -0.15) is 5.10 Å². The van der Waals surface area contributed by atoms with Gasteiger partial charge in [0.25, 0.3) is 0 Å². The quantitative estimate of drug-likeness (QED) is 0.628. The number of nitrogens with zero attached hydrogens (tertiary/aromatic N) is 2. The third kappa shape index (κ3) is 3.99. The van der Waals surface area contributed by atoms with E-state index in [1.807, 2.05) is 42.5 Å². The molecule has 0 saturated carbocycles. The number of para-hydroxylation sites is 1. The molecule has 0 aliphatic heterocycles. The maximum atomic E-state index is 10.1. The molecule has 2 N–H and O–H groups in total. The van der Waals surface area contributed by atoms with Gasteiger partial charge in [-0.25, -0.2) is 0 Å². The number of hydrazone groups is 1. The number of phenols is 1. The fourth-order valence-corrected chi connectivity index (χ4v) is 2.12. The molecule has 0 aromatic heterocycles. The van der Waals surface area contributed by atoms with Crippen molar-refractivity contribution >= 4 is 17.6 Å². The van der Waals surface area contributed by atoms with E-state index in [9.17, 15) is 5.11 Å². The molecule has 2 aromatic rings. The Hall–Kier alpha value is -2.49. The van der Waals surface area contributed by atoms with Crippen molar-refractivity contribution in [3.63, 3.8) is 0 Å². The summed E-state index contributed by atoms with van der Waals surface area (Å²) in [6.45, 7) is 6.03. The first-order valence-electron chi connectivity index (χ1n) is 7.16. The van der Waals surface area contributed by atoms with Gasteiger partial charge in [-0.1, -0.05) is 18.2 Å². The van der Waals surface area contributed by atoms with Gasteiger partial charge < -0.3 is 10.0 Å². The average Bonchev–Trinajstić information content (AvgIpc) is 2.51. The molecule has 0 amide bonds. The lowest BCUT2D eigenvalue weighted by Gasteiger charge is -2.21. The van der Waals surface area contributed by atoms with E-state index in [4.69, 9.17) is 0 Å². The summed E-state index contributed by atoms with van der Waals surface area (Å²) in [6, 6.07) is 15.3. The van der Waals surface area contributed by atoms with Crippen LogP contribution in [0.5, 0.6) is 5.75 Å². The van der Waals surface area contributed by atoms with Gasteiger partial charge in [0.1, 0.15) is 5.75 Å². The summed E-state index contributed by atoms with van der Waals surface area (Å²) in [5.74, 6) is 0.234. The van der Waals surface area contributed by atoms with Crippen molar-refractivity contribution in [3.8, 4) is 5.75 Å². The van der Waals surface area contributed by atoms with Gasteiger partial charge in [-0.15, -0.1) is 0 Å². The molecular weight excluding hydrogens is 262 g/mol. The van der Waals surface area contributed by atoms with E-state index in [1.165, 1.54) is 0 Å². The molecule has 0 atom stereocenters. The predicted molar refractivity (Wildman–Crippen MR) is 89.3 cm³/mol. The Morgan fingerprint density at radius 2 is 1.81 bits per heavy atom. The van der Waals surface area contributed by atoms with Crippen LogP contribution in [-0.4, -0.2) is 24.4 Å². The number of phenolic OH excluding ortho intramolecular Hbond substituents is 1. The Labute approximate surface area is 125 Å². The third-order valence-electron chi connectivity index (χ3n) is 3.31. The van der Waals surface area contributed by atoms with Crippen LogP contribution in [0.2, 0.25) is 0 Å². The Balaban J connectivity index is 2.07. The molecule has 2 rings (SSSR count). The number of aromatic hydroxyl groups is 1. The summed E-state index contributed by atoms with van der Waals surface area (Å²) in [4.78, 5) is 2.18. The second-order valence-corrected chi connectivity index (χ2v) is 4.65. The van der Waals surface area contributed by atoms with E-state index in [2.05, 4.69) is 29.3 Å². The highest BCUT2D eigenvalue weighted by molar-refractivity contribution is 5.85. The van der Waals surface area contributed by atoms with Gasteiger partial charge in [0.15, 0.2) is 0 Å². The lowest BCUT2D eigenvalue weighted by Crippen LogP contribution is -2.21. The van der Waals surface area contributed by atoms with Gasteiger partial charge in [0, 0.05) is 30.4 Å². The van der Waals surface area contributed by atoms with Crippen LogP contribution in [0.3, 0.4) is 0 Å². The van der Waals surface area contributed by atoms with E-state index in [1.54, 1.807) is 12.3 Å². The Morgan fingerprint density at radius 1 is 1.10 bits per heavy atom. The monoisotopic (exact) mass is 283 g/mol. The Bertz CT molecular complexity index is 592. The van der Waals surface area contributed by atoms with Crippen LogP contribution in [0.1, 0.15) is 19.4 Å². The van der Waals surface area contributed by atoms with Crippen molar-refractivity contribution in [1.29, 1.82) is 0 Å². The summed E-state index contributed by atoms with van der Waals surface area (Å²) in [5.41, 5.74) is 5.55. The first kappa shape index (κ1) is 14.9. The molecule has 0 radical (unpaired) electrons. The van der Waals surface area contributed by atoms with Gasteiger partial charge in [-0.3, -0.25) is 5.43 Å². The van der Waals surface area contributed by atoms with Crippen molar-refractivity contribution in [2.24, 2.45) is 5.10 Å². The fraction of sp³-hybridized carbons (Fsp3) is 0.235. The number of anilines is 2. The second kappa shape index (κ2) is 7.33. The molecule has 0 unspecified atom stereocenters. The van der Waals surface area contributed by atoms with Crippen LogP contribution in [0.15, 0.2) is 53.6 Å². The predicted octanol–water partition coefficient (Wildman–Crippen LogP) is 3.68. The zero-order chi connectivity index (χ0) is 15.1. The molecule has 0 bridgehead atoms. The van der Waals surface area contributed by atoms with E-state index in [-0.39, 0.29) is 5.75 Å². The van der Waals surface area contributed by atoms with Crippen molar-refractivity contribution in [2.75, 3.05) is 23.4 Å². The Morgan fingerprint density at radius 3 is 2.43 bits per heavy atom. The van der Waals surface area contributed by atoms with Gasteiger partial charge in [0.05, 0.1) is 11.9 Å². The smallest absolute Gasteiger partial charge is 0.126 e. The summed E-state index contributed by atoms with van der Waals surface area (Å²) >= 11 is 0. The number of hydrogen-bond acceptors (Lipinski definition) is 4. The van der Waals surface area contributed by atoms with E-state index < -0.39 is 0 Å². The maximum Gasteiger partial charge on any atom is 0.126 e. The molecule has 0 aliphatic carbocycles. The molecule has 110 valence electrons. The molecule has 4 heteroatoms. The molecule has 0 fully saturated rings. The standard InChI is InChI=1S/C17H21N3O/c1-3-20(4-2)16-11-10-14(17(21)12-16)13-18-19-15-8-6-5-7-9-15/h5-13,19,21H,3-4H2,1-2H3/b18-13+. The zero-order valence-corrected chi connectivity index (χ0v) is 12.5. The van der Waals surface area contributed by atoms with Crippen LogP contribution in [0, 0.1) is 0 Å². The lowest BCUT2D eigenvalue weighted by molar-refractivity contribution is 0.474. The lowest BCUT2D eigenvalue weighted by atomic mass is 10.2. The van der Waals surface area contributed by atoms with Crippen LogP contribution in [-0.2, 0) is 0 Å². The zero-order valence-electron chi connectivity index (χ0n) is 12.5. The molecular formula is C17H21N3O. The van der Waals surface area contributed by atoms with Crippen molar-refractivity contribution < 1.29 is 5.11 Å². The van der Waals surface area contributed by atoms with Crippen LogP contribution < -0.4 is 10.3 Å². The summed E-state index contributed by atoms with van der Waals surface area (Å²) in [6.07, 6.45) is 1.62. The van der Waals surface area contributed by atoms with Crippen LogP contribution in [0.25, 0.3) is 0 Å². The Kier molecular flexibility index (Phi) is 5.21. The van der Waals surface area contributed by atoms with Crippen molar-refractivity contribution in [1.82, 2.24) is 0 Å². The molecule has 0 saturated heterocycles. The number of hydrogen-bond donors (Lipinski definition) is 2. The highest BCUT2D eigenvalue weighted by Gasteiger charge is 2.05. The number of rotatable bonds is 6. The molecule has 0 aliphatic rings. The summed E-state index contributed by atoms with van der Waals surface area (Å²) in [5, 5.41) is 14.2. The van der Waals surface area contributed by atoms with Crippen LogP contribution in [0.4, 0.5) is 11.4 Å². The fourth-order valence-electron chi connectivity index (χ4n) is 2.12.